The van der Waals surface area contributed by atoms with Crippen molar-refractivity contribution < 1.29 is 4.92 Å². The Morgan fingerprint density at radius 1 is 1.42 bits per heavy atom. The largest absolute Gasteiger partial charge is 0.310 e. The Labute approximate surface area is 114 Å². The van der Waals surface area contributed by atoms with Crippen molar-refractivity contribution in [2.45, 2.75) is 39.2 Å². The van der Waals surface area contributed by atoms with Gasteiger partial charge in [-0.1, -0.05) is 31.5 Å². The number of rotatable bonds is 5. The van der Waals surface area contributed by atoms with Crippen LogP contribution in [-0.4, -0.2) is 11.5 Å². The predicted molar refractivity (Wildman–Crippen MR) is 76.0 cm³/mol. The van der Waals surface area contributed by atoms with Crippen LogP contribution >= 0.6 is 0 Å². The summed E-state index contributed by atoms with van der Waals surface area (Å²) < 4.78 is 0. The predicted octanol–water partition coefficient (Wildman–Crippen LogP) is 3.68. The Balaban J connectivity index is 1.96. The minimum absolute atomic E-state index is 0.0255. The average molecular weight is 262 g/mol. The van der Waals surface area contributed by atoms with Crippen LogP contribution < -0.4 is 5.32 Å². The van der Waals surface area contributed by atoms with Gasteiger partial charge in [0.05, 0.1) is 4.92 Å². The molecule has 1 fully saturated rings. The Kier molecular flexibility index (Phi) is 4.53. The molecule has 3 unspecified atom stereocenters. The van der Waals surface area contributed by atoms with Crippen LogP contribution in [0.15, 0.2) is 24.3 Å². The lowest BCUT2D eigenvalue weighted by Gasteiger charge is -2.17. The summed E-state index contributed by atoms with van der Waals surface area (Å²) in [6.45, 7) is 5.25. The fourth-order valence-corrected chi connectivity index (χ4v) is 2.98. The molecule has 1 aromatic carbocycles. The molecule has 0 spiro atoms. The highest BCUT2D eigenvalue weighted by molar-refractivity contribution is 5.41. The van der Waals surface area contributed by atoms with E-state index in [9.17, 15) is 10.1 Å². The molecule has 1 aromatic rings. The summed E-state index contributed by atoms with van der Waals surface area (Å²) in [7, 11) is 0. The van der Waals surface area contributed by atoms with Gasteiger partial charge in [0.15, 0.2) is 0 Å². The maximum atomic E-state index is 11.0. The van der Waals surface area contributed by atoms with Gasteiger partial charge in [0.25, 0.3) is 5.69 Å². The Hall–Kier alpha value is -1.42. The van der Waals surface area contributed by atoms with Crippen LogP contribution in [0.5, 0.6) is 0 Å². The van der Waals surface area contributed by atoms with Crippen LogP contribution in [0.1, 0.15) is 44.7 Å². The van der Waals surface area contributed by atoms with Crippen molar-refractivity contribution in [2.75, 3.05) is 6.54 Å². The molecule has 19 heavy (non-hydrogen) atoms. The molecule has 4 nitrogen and oxygen atoms in total. The smallest absolute Gasteiger partial charge is 0.274 e. The SMILES string of the molecule is CC1CCC(CNC(C)c2ccccc2[N+](=O)[O-])C1. The van der Waals surface area contributed by atoms with E-state index in [0.717, 1.165) is 23.9 Å². The summed E-state index contributed by atoms with van der Waals surface area (Å²) in [5.74, 6) is 1.55. The fourth-order valence-electron chi connectivity index (χ4n) is 2.98. The molecule has 2 rings (SSSR count). The van der Waals surface area contributed by atoms with Crippen molar-refractivity contribution in [3.63, 3.8) is 0 Å². The number of benzene rings is 1. The van der Waals surface area contributed by atoms with E-state index < -0.39 is 0 Å². The third-order valence-electron chi connectivity index (χ3n) is 4.12. The molecule has 4 heteroatoms. The van der Waals surface area contributed by atoms with Gasteiger partial charge in [0.1, 0.15) is 0 Å². The lowest BCUT2D eigenvalue weighted by Crippen LogP contribution is -2.25. The van der Waals surface area contributed by atoms with E-state index >= 15 is 0 Å². The summed E-state index contributed by atoms with van der Waals surface area (Å²) >= 11 is 0. The molecule has 0 bridgehead atoms. The van der Waals surface area contributed by atoms with E-state index in [4.69, 9.17) is 0 Å². The number of nitro benzene ring substituents is 1. The third-order valence-corrected chi connectivity index (χ3v) is 4.12. The van der Waals surface area contributed by atoms with E-state index in [-0.39, 0.29) is 16.7 Å². The van der Waals surface area contributed by atoms with Crippen molar-refractivity contribution in [1.29, 1.82) is 0 Å². The van der Waals surface area contributed by atoms with Gasteiger partial charge in [0.2, 0.25) is 0 Å². The highest BCUT2D eigenvalue weighted by Crippen LogP contribution is 2.31. The van der Waals surface area contributed by atoms with E-state index in [1.54, 1.807) is 12.1 Å². The van der Waals surface area contributed by atoms with E-state index in [0.29, 0.717) is 0 Å². The number of nitrogens with one attached hydrogen (secondary N) is 1. The van der Waals surface area contributed by atoms with Crippen LogP contribution in [0.2, 0.25) is 0 Å². The summed E-state index contributed by atoms with van der Waals surface area (Å²) in [5.41, 5.74) is 0.987. The van der Waals surface area contributed by atoms with Crippen molar-refractivity contribution in [3.8, 4) is 0 Å². The highest BCUT2D eigenvalue weighted by Gasteiger charge is 2.23. The van der Waals surface area contributed by atoms with Gasteiger partial charge in [-0.15, -0.1) is 0 Å². The van der Waals surface area contributed by atoms with Crippen molar-refractivity contribution in [1.82, 2.24) is 5.32 Å². The first-order valence-electron chi connectivity index (χ1n) is 7.04. The molecule has 0 saturated heterocycles. The number of nitrogens with zero attached hydrogens (tertiary/aromatic N) is 1. The molecule has 0 aromatic heterocycles. The third kappa shape index (κ3) is 3.53. The zero-order valence-corrected chi connectivity index (χ0v) is 11.6. The molecular formula is C15H22N2O2. The summed E-state index contributed by atoms with van der Waals surface area (Å²) in [6.07, 6.45) is 3.86. The van der Waals surface area contributed by atoms with Crippen LogP contribution in [0.3, 0.4) is 0 Å². The van der Waals surface area contributed by atoms with Crippen LogP contribution in [-0.2, 0) is 0 Å². The first-order chi connectivity index (χ1) is 9.08. The number of hydrogen-bond acceptors (Lipinski definition) is 3. The molecule has 1 saturated carbocycles. The summed E-state index contributed by atoms with van der Waals surface area (Å²) in [4.78, 5) is 10.7. The molecule has 0 heterocycles. The summed E-state index contributed by atoms with van der Waals surface area (Å²) in [6, 6.07) is 7.01. The van der Waals surface area contributed by atoms with Crippen LogP contribution in [0.25, 0.3) is 0 Å². The van der Waals surface area contributed by atoms with Gasteiger partial charge in [0, 0.05) is 17.7 Å². The molecule has 3 atom stereocenters. The lowest BCUT2D eigenvalue weighted by molar-refractivity contribution is -0.385. The normalized spacial score (nSPS) is 24.3. The first-order valence-corrected chi connectivity index (χ1v) is 7.04. The molecule has 0 aliphatic heterocycles. The number of para-hydroxylation sites is 1. The highest BCUT2D eigenvalue weighted by atomic mass is 16.6. The fraction of sp³-hybridized carbons (Fsp3) is 0.600. The van der Waals surface area contributed by atoms with E-state index in [1.807, 2.05) is 19.1 Å². The average Bonchev–Trinajstić information content (AvgIpc) is 2.81. The van der Waals surface area contributed by atoms with Gasteiger partial charge >= 0.3 is 0 Å². The van der Waals surface area contributed by atoms with Crippen molar-refractivity contribution in [3.05, 3.63) is 39.9 Å². The van der Waals surface area contributed by atoms with Crippen LogP contribution in [0, 0.1) is 22.0 Å². The maximum Gasteiger partial charge on any atom is 0.274 e. The molecule has 0 amide bonds. The zero-order valence-electron chi connectivity index (χ0n) is 11.6. The number of hydrogen-bond donors (Lipinski definition) is 1. The zero-order chi connectivity index (χ0) is 13.8. The molecule has 1 N–H and O–H groups in total. The minimum Gasteiger partial charge on any atom is -0.310 e. The van der Waals surface area contributed by atoms with Gasteiger partial charge < -0.3 is 5.32 Å². The lowest BCUT2D eigenvalue weighted by atomic mass is 10.0. The van der Waals surface area contributed by atoms with E-state index in [2.05, 4.69) is 12.2 Å². The molecule has 0 radical (unpaired) electrons. The van der Waals surface area contributed by atoms with Gasteiger partial charge in [-0.2, -0.15) is 0 Å². The van der Waals surface area contributed by atoms with Gasteiger partial charge in [-0.05, 0) is 38.1 Å². The Bertz CT molecular complexity index is 448. The standard InChI is InChI=1S/C15H22N2O2/c1-11-7-8-13(9-11)10-16-12(2)14-5-3-4-6-15(14)17(18)19/h3-6,11-13,16H,7-10H2,1-2H3. The monoisotopic (exact) mass is 262 g/mol. The molecular weight excluding hydrogens is 240 g/mol. The molecule has 104 valence electrons. The second-order valence-electron chi connectivity index (χ2n) is 5.73. The maximum absolute atomic E-state index is 11.0. The Morgan fingerprint density at radius 2 is 2.16 bits per heavy atom. The van der Waals surface area contributed by atoms with Crippen LogP contribution in [0.4, 0.5) is 5.69 Å². The quantitative estimate of drug-likeness (QED) is 0.650. The Morgan fingerprint density at radius 3 is 2.79 bits per heavy atom. The van der Waals surface area contributed by atoms with Crippen molar-refractivity contribution >= 4 is 5.69 Å². The molecule has 1 aliphatic carbocycles. The van der Waals surface area contributed by atoms with Crippen molar-refractivity contribution in [2.24, 2.45) is 11.8 Å². The summed E-state index contributed by atoms with van der Waals surface area (Å²) in [5, 5.41) is 14.5. The minimum atomic E-state index is -0.300. The topological polar surface area (TPSA) is 55.2 Å². The first kappa shape index (κ1) is 14.0. The second-order valence-corrected chi connectivity index (χ2v) is 5.73. The van der Waals surface area contributed by atoms with Gasteiger partial charge in [-0.3, -0.25) is 10.1 Å². The second kappa shape index (κ2) is 6.15. The number of nitro groups is 1. The van der Waals surface area contributed by atoms with Gasteiger partial charge in [-0.25, -0.2) is 0 Å². The molecule has 1 aliphatic rings. The van der Waals surface area contributed by atoms with E-state index in [1.165, 1.54) is 19.3 Å².